The molecule has 1 amide bonds. The maximum absolute atomic E-state index is 12.7. The molecule has 29 heavy (non-hydrogen) atoms. The van der Waals surface area contributed by atoms with Crippen molar-refractivity contribution in [1.82, 2.24) is 19.9 Å². The van der Waals surface area contributed by atoms with Crippen LogP contribution in [0.2, 0.25) is 0 Å². The van der Waals surface area contributed by atoms with Crippen LogP contribution in [0.15, 0.2) is 59.8 Å². The smallest absolute Gasteiger partial charge is 0.265 e. The number of carbonyl (C=O) groups excluding carboxylic acids is 1. The van der Waals surface area contributed by atoms with E-state index in [-0.39, 0.29) is 11.5 Å². The Kier molecular flexibility index (Phi) is 6.89. The predicted molar refractivity (Wildman–Crippen MR) is 116 cm³/mol. The van der Waals surface area contributed by atoms with Gasteiger partial charge in [-0.3, -0.25) is 19.1 Å². The van der Waals surface area contributed by atoms with E-state index in [2.05, 4.69) is 29.1 Å². The van der Waals surface area contributed by atoms with Crippen molar-refractivity contribution in [3.8, 4) is 0 Å². The fourth-order valence-electron chi connectivity index (χ4n) is 3.01. The first kappa shape index (κ1) is 20.5. The number of rotatable bonds is 8. The number of aryl methyl sites for hydroxylation is 1. The van der Waals surface area contributed by atoms with Crippen LogP contribution in [0.1, 0.15) is 43.9 Å². The Hall–Kier alpha value is -3.28. The highest BCUT2D eigenvalue weighted by Crippen LogP contribution is 2.17. The summed E-state index contributed by atoms with van der Waals surface area (Å²) < 4.78 is 1.34. The third-order valence-electron chi connectivity index (χ3n) is 4.75. The van der Waals surface area contributed by atoms with Crippen molar-refractivity contribution in [2.75, 3.05) is 6.54 Å². The third-order valence-corrected chi connectivity index (χ3v) is 4.75. The number of fused-ring (bicyclic) bond motifs is 1. The third kappa shape index (κ3) is 5.60. The fourth-order valence-corrected chi connectivity index (χ4v) is 3.01. The molecule has 3 rings (SSSR count). The van der Waals surface area contributed by atoms with Crippen LogP contribution in [-0.4, -0.2) is 27.0 Å². The maximum Gasteiger partial charge on any atom is 0.265 e. The van der Waals surface area contributed by atoms with Crippen molar-refractivity contribution in [3.05, 3.63) is 76.6 Å². The molecule has 0 unspecified atom stereocenters. The van der Waals surface area contributed by atoms with Gasteiger partial charge in [0.2, 0.25) is 5.91 Å². The minimum absolute atomic E-state index is 0.183. The van der Waals surface area contributed by atoms with Crippen LogP contribution in [0.25, 0.3) is 17.1 Å². The van der Waals surface area contributed by atoms with Gasteiger partial charge in [0.25, 0.3) is 5.56 Å². The molecule has 2 heterocycles. The Morgan fingerprint density at radius 3 is 2.79 bits per heavy atom. The van der Waals surface area contributed by atoms with Crippen molar-refractivity contribution >= 4 is 23.0 Å². The van der Waals surface area contributed by atoms with Crippen molar-refractivity contribution in [2.45, 2.75) is 39.0 Å². The van der Waals surface area contributed by atoms with Crippen molar-refractivity contribution in [1.29, 1.82) is 0 Å². The zero-order chi connectivity index (χ0) is 20.6. The number of nitrogens with zero attached hydrogens (tertiary/aromatic N) is 3. The number of unbranched alkanes of at least 4 members (excludes halogenated alkanes) is 1. The van der Waals surface area contributed by atoms with Gasteiger partial charge in [-0.25, -0.2) is 4.98 Å². The molecule has 0 aliphatic rings. The highest BCUT2D eigenvalue weighted by molar-refractivity contribution is 5.90. The normalized spacial score (nSPS) is 11.4. The van der Waals surface area contributed by atoms with Gasteiger partial charge in [0, 0.05) is 30.7 Å². The number of hydrogen-bond acceptors (Lipinski definition) is 4. The SMILES string of the molecule is CC(C)c1ccc2ncn(/C=C/C(=O)NCCCCc3ccccn3)c(=O)c2c1. The zero-order valence-corrected chi connectivity index (χ0v) is 16.8. The van der Waals surface area contributed by atoms with Gasteiger partial charge in [-0.2, -0.15) is 0 Å². The van der Waals surface area contributed by atoms with Gasteiger partial charge in [-0.1, -0.05) is 26.0 Å². The minimum atomic E-state index is -0.231. The standard InChI is InChI=1S/C23H26N4O2/c1-17(2)18-9-10-21-20(15-18)23(29)27(16-26-21)14-11-22(28)25-13-6-4-8-19-7-3-5-12-24-19/h3,5,7,9-12,14-17H,4,6,8,13H2,1-2H3,(H,25,28)/b14-11+. The van der Waals surface area contributed by atoms with E-state index in [1.165, 1.54) is 23.2 Å². The van der Waals surface area contributed by atoms with Gasteiger partial charge in [0.1, 0.15) is 6.33 Å². The lowest BCUT2D eigenvalue weighted by Gasteiger charge is -2.07. The molecule has 6 nitrogen and oxygen atoms in total. The highest BCUT2D eigenvalue weighted by Gasteiger charge is 2.06. The molecule has 0 radical (unpaired) electrons. The van der Waals surface area contributed by atoms with Gasteiger partial charge < -0.3 is 5.32 Å². The van der Waals surface area contributed by atoms with E-state index in [0.717, 1.165) is 30.5 Å². The quantitative estimate of drug-likeness (QED) is 0.472. The average Bonchev–Trinajstić information content (AvgIpc) is 2.73. The van der Waals surface area contributed by atoms with Crippen molar-refractivity contribution in [2.24, 2.45) is 0 Å². The highest BCUT2D eigenvalue weighted by atomic mass is 16.1. The molecule has 0 saturated carbocycles. The summed E-state index contributed by atoms with van der Waals surface area (Å²) >= 11 is 0. The van der Waals surface area contributed by atoms with Crippen LogP contribution < -0.4 is 10.9 Å². The van der Waals surface area contributed by atoms with Crippen molar-refractivity contribution < 1.29 is 4.79 Å². The second-order valence-electron chi connectivity index (χ2n) is 7.27. The summed E-state index contributed by atoms with van der Waals surface area (Å²) in [6.45, 7) is 4.74. The summed E-state index contributed by atoms with van der Waals surface area (Å²) in [5, 5.41) is 3.39. The van der Waals surface area contributed by atoms with Crippen molar-refractivity contribution in [3.63, 3.8) is 0 Å². The van der Waals surface area contributed by atoms with Gasteiger partial charge in [-0.05, 0) is 55.0 Å². The summed E-state index contributed by atoms with van der Waals surface area (Å²) in [6, 6.07) is 11.6. The number of amides is 1. The summed E-state index contributed by atoms with van der Waals surface area (Å²) in [4.78, 5) is 33.3. The molecule has 0 aliphatic heterocycles. The van der Waals surface area contributed by atoms with Gasteiger partial charge in [-0.15, -0.1) is 0 Å². The number of aromatic nitrogens is 3. The van der Waals surface area contributed by atoms with E-state index in [1.54, 1.807) is 6.20 Å². The van der Waals surface area contributed by atoms with E-state index in [0.29, 0.717) is 23.4 Å². The molecular formula is C23H26N4O2. The molecule has 150 valence electrons. The number of pyridine rings is 1. The summed E-state index contributed by atoms with van der Waals surface area (Å²) in [5.41, 5.74) is 2.61. The zero-order valence-electron chi connectivity index (χ0n) is 16.8. The molecule has 1 N–H and O–H groups in total. The Morgan fingerprint density at radius 2 is 2.03 bits per heavy atom. The van der Waals surface area contributed by atoms with E-state index in [4.69, 9.17) is 0 Å². The Morgan fingerprint density at radius 1 is 1.17 bits per heavy atom. The van der Waals surface area contributed by atoms with Crippen LogP contribution in [0.5, 0.6) is 0 Å². The van der Waals surface area contributed by atoms with Crippen LogP contribution in [0.3, 0.4) is 0 Å². The van der Waals surface area contributed by atoms with Gasteiger partial charge in [0.15, 0.2) is 0 Å². The molecule has 0 bridgehead atoms. The lowest BCUT2D eigenvalue weighted by Crippen LogP contribution is -2.23. The maximum atomic E-state index is 12.7. The topological polar surface area (TPSA) is 76.9 Å². The molecule has 3 aromatic rings. The number of carbonyl (C=O) groups is 1. The Balaban J connectivity index is 1.54. The molecule has 0 saturated heterocycles. The number of hydrogen-bond donors (Lipinski definition) is 1. The van der Waals surface area contributed by atoms with Crippen LogP contribution >= 0.6 is 0 Å². The minimum Gasteiger partial charge on any atom is -0.353 e. The molecule has 0 fully saturated rings. The molecule has 0 aliphatic carbocycles. The first-order valence-corrected chi connectivity index (χ1v) is 9.91. The average molecular weight is 390 g/mol. The second kappa shape index (κ2) is 9.78. The number of nitrogens with one attached hydrogen (secondary N) is 1. The van der Waals surface area contributed by atoms with E-state index in [1.807, 2.05) is 36.4 Å². The number of benzene rings is 1. The second-order valence-corrected chi connectivity index (χ2v) is 7.27. The largest absolute Gasteiger partial charge is 0.353 e. The molecule has 0 spiro atoms. The molecule has 1 aromatic carbocycles. The predicted octanol–water partition coefficient (Wildman–Crippen LogP) is 3.52. The fraction of sp³-hybridized carbons (Fsp3) is 0.304. The molecule has 2 aromatic heterocycles. The Bertz CT molecular complexity index is 1060. The van der Waals surface area contributed by atoms with Crippen LogP contribution in [0, 0.1) is 0 Å². The summed E-state index contributed by atoms with van der Waals surface area (Å²) in [7, 11) is 0. The van der Waals surface area contributed by atoms with E-state index < -0.39 is 0 Å². The van der Waals surface area contributed by atoms with Gasteiger partial charge in [0.05, 0.1) is 10.9 Å². The lowest BCUT2D eigenvalue weighted by molar-refractivity contribution is -0.116. The van der Waals surface area contributed by atoms with E-state index >= 15 is 0 Å². The Labute approximate surface area is 170 Å². The van der Waals surface area contributed by atoms with Gasteiger partial charge >= 0.3 is 0 Å². The van der Waals surface area contributed by atoms with Crippen LogP contribution in [-0.2, 0) is 11.2 Å². The lowest BCUT2D eigenvalue weighted by atomic mass is 10.0. The first-order valence-electron chi connectivity index (χ1n) is 9.91. The monoisotopic (exact) mass is 390 g/mol. The molecule has 6 heteroatoms. The van der Waals surface area contributed by atoms with Crippen LogP contribution in [0.4, 0.5) is 0 Å². The summed E-state index contributed by atoms with van der Waals surface area (Å²) in [6.07, 6.45) is 8.76. The van der Waals surface area contributed by atoms with E-state index in [9.17, 15) is 9.59 Å². The molecule has 0 atom stereocenters. The first-order chi connectivity index (χ1) is 14.0. The molecular weight excluding hydrogens is 364 g/mol. The summed E-state index contributed by atoms with van der Waals surface area (Å²) in [5.74, 6) is 0.0946.